The van der Waals surface area contributed by atoms with E-state index in [9.17, 15) is 0 Å². The maximum atomic E-state index is 2.54. The minimum Gasteiger partial charge on any atom is -0.310 e. The molecule has 0 saturated heterocycles. The number of aromatic nitrogens is 1. The Kier molecular flexibility index (Phi) is 9.88. The first kappa shape index (κ1) is 40.5. The van der Waals surface area contributed by atoms with Gasteiger partial charge in [-0.15, -0.1) is 0 Å². The summed E-state index contributed by atoms with van der Waals surface area (Å²) in [7, 11) is -2.89. The topological polar surface area (TPSA) is 8.17 Å². The lowest BCUT2D eigenvalue weighted by atomic mass is 10.00. The molecule has 0 spiro atoms. The van der Waals surface area contributed by atoms with Gasteiger partial charge in [0.05, 0.1) is 11.0 Å². The minimum atomic E-state index is -2.89. The predicted octanol–water partition coefficient (Wildman–Crippen LogP) is 14.6. The predicted molar refractivity (Wildman–Crippen MR) is 294 cm³/mol. The SMILES string of the molecule is c1ccc(-c2ccc(N(c3ccc4c(c3)[Si](c3ccccc3)(c3ccccc3)c3cc(-c5ccccc5)ccc3-4)c3ccc4c(c3)c3ccccc3n4-c3ccc(-c4ccccc4)cc3)cc2)cc1. The summed E-state index contributed by atoms with van der Waals surface area (Å²) >= 11 is 0. The molecule has 69 heavy (non-hydrogen) atoms. The molecule has 0 bridgehead atoms. The van der Waals surface area contributed by atoms with Crippen LogP contribution in [0.15, 0.2) is 279 Å². The summed E-state index contributed by atoms with van der Waals surface area (Å²) in [6.07, 6.45) is 0. The van der Waals surface area contributed by atoms with E-state index in [0.29, 0.717) is 0 Å². The van der Waals surface area contributed by atoms with E-state index in [1.54, 1.807) is 0 Å². The Morgan fingerprint density at radius 2 is 0.681 bits per heavy atom. The smallest absolute Gasteiger partial charge is 0.180 e. The van der Waals surface area contributed by atoms with Crippen LogP contribution in [0.5, 0.6) is 0 Å². The van der Waals surface area contributed by atoms with Crippen molar-refractivity contribution in [3.8, 4) is 50.2 Å². The zero-order valence-corrected chi connectivity index (χ0v) is 39.0. The number of nitrogens with zero attached hydrogens (tertiary/aromatic N) is 2. The van der Waals surface area contributed by atoms with Gasteiger partial charge in [0, 0.05) is 33.5 Å². The van der Waals surface area contributed by atoms with E-state index >= 15 is 0 Å². The van der Waals surface area contributed by atoms with Gasteiger partial charge in [-0.3, -0.25) is 0 Å². The second-order valence-corrected chi connectivity index (χ2v) is 21.8. The second-order valence-electron chi connectivity index (χ2n) is 18.1. The Morgan fingerprint density at radius 1 is 0.275 bits per heavy atom. The second kappa shape index (κ2) is 16.8. The molecule has 2 nitrogen and oxygen atoms in total. The molecule has 0 radical (unpaired) electrons. The third-order valence-corrected chi connectivity index (χ3v) is 19.1. The van der Waals surface area contributed by atoms with Gasteiger partial charge in [-0.1, -0.05) is 218 Å². The zero-order valence-electron chi connectivity index (χ0n) is 38.0. The first-order valence-electron chi connectivity index (χ1n) is 23.8. The summed E-state index contributed by atoms with van der Waals surface area (Å²) in [6.45, 7) is 0. The lowest BCUT2D eigenvalue weighted by Gasteiger charge is -2.33. The van der Waals surface area contributed by atoms with Crippen molar-refractivity contribution in [1.82, 2.24) is 4.57 Å². The Labute approximate surface area is 404 Å². The van der Waals surface area contributed by atoms with Crippen molar-refractivity contribution < 1.29 is 0 Å². The molecule has 0 amide bonds. The standard InChI is InChI=1S/C66H46N2Si/c1-6-18-47(19-7-1)50-30-35-53(36-31-50)67(55-40-43-64-62(45-55)59-28-16-17-29-63(59)68(64)54-37-32-51(33-38-54)48-20-8-2-9-21-48)56-39-42-61-60-41-34-52(49-22-10-3-11-23-49)44-65(60)69(66(61)46-56,57-24-12-4-13-25-57)58-26-14-5-15-27-58/h1-46H. The highest BCUT2D eigenvalue weighted by Crippen LogP contribution is 2.42. The summed E-state index contributed by atoms with van der Waals surface area (Å²) in [5.74, 6) is 0. The molecule has 0 unspecified atom stereocenters. The van der Waals surface area contributed by atoms with E-state index in [4.69, 9.17) is 0 Å². The Hall–Kier alpha value is -8.76. The fourth-order valence-corrected chi connectivity index (χ4v) is 16.4. The minimum absolute atomic E-state index is 1.10. The van der Waals surface area contributed by atoms with E-state index in [-0.39, 0.29) is 0 Å². The van der Waals surface area contributed by atoms with Crippen LogP contribution >= 0.6 is 0 Å². The number of anilines is 3. The third kappa shape index (κ3) is 6.78. The normalized spacial score (nSPS) is 12.5. The van der Waals surface area contributed by atoms with E-state index in [1.165, 1.54) is 87.1 Å². The summed E-state index contributed by atoms with van der Waals surface area (Å²) in [6, 6.07) is 103. The number of hydrogen-bond donors (Lipinski definition) is 0. The number of para-hydroxylation sites is 1. The number of hydrogen-bond acceptors (Lipinski definition) is 1. The summed E-state index contributed by atoms with van der Waals surface area (Å²) in [5.41, 5.74) is 16.7. The lowest BCUT2D eigenvalue weighted by Crippen LogP contribution is -2.72. The third-order valence-electron chi connectivity index (χ3n) is 14.3. The van der Waals surface area contributed by atoms with Gasteiger partial charge < -0.3 is 9.47 Å². The van der Waals surface area contributed by atoms with Gasteiger partial charge in [0.15, 0.2) is 8.07 Å². The molecule has 0 saturated carbocycles. The molecule has 2 heterocycles. The maximum absolute atomic E-state index is 2.89. The molecular formula is C66H46N2Si. The first-order chi connectivity index (χ1) is 34.2. The molecule has 11 aromatic carbocycles. The van der Waals surface area contributed by atoms with Crippen LogP contribution in [0.1, 0.15) is 0 Å². The van der Waals surface area contributed by atoms with Gasteiger partial charge in [-0.05, 0) is 126 Å². The van der Waals surface area contributed by atoms with Gasteiger partial charge in [0.1, 0.15) is 0 Å². The number of rotatable bonds is 9. The van der Waals surface area contributed by atoms with Gasteiger partial charge >= 0.3 is 0 Å². The van der Waals surface area contributed by atoms with Crippen LogP contribution in [0.2, 0.25) is 0 Å². The van der Waals surface area contributed by atoms with E-state index < -0.39 is 8.07 Å². The molecule has 1 aromatic heterocycles. The monoisotopic (exact) mass is 894 g/mol. The fraction of sp³-hybridized carbons (Fsp3) is 0. The molecule has 0 atom stereocenters. The van der Waals surface area contributed by atoms with Crippen molar-refractivity contribution in [2.24, 2.45) is 0 Å². The first-order valence-corrected chi connectivity index (χ1v) is 25.8. The van der Waals surface area contributed by atoms with Crippen molar-refractivity contribution in [2.75, 3.05) is 4.90 Å². The van der Waals surface area contributed by atoms with Crippen molar-refractivity contribution in [2.45, 2.75) is 0 Å². The van der Waals surface area contributed by atoms with Crippen LogP contribution < -0.4 is 25.6 Å². The quantitative estimate of drug-likeness (QED) is 0.131. The highest BCUT2D eigenvalue weighted by molar-refractivity contribution is 7.22. The highest BCUT2D eigenvalue weighted by atomic mass is 28.3. The van der Waals surface area contributed by atoms with Gasteiger partial charge in [0.25, 0.3) is 0 Å². The lowest BCUT2D eigenvalue weighted by molar-refractivity contribution is 1.18. The molecule has 13 rings (SSSR count). The molecule has 0 fully saturated rings. The van der Waals surface area contributed by atoms with Gasteiger partial charge in [0.2, 0.25) is 0 Å². The molecular weight excluding hydrogens is 849 g/mol. The van der Waals surface area contributed by atoms with Crippen LogP contribution in [0, 0.1) is 0 Å². The van der Waals surface area contributed by atoms with Crippen LogP contribution in [-0.2, 0) is 0 Å². The van der Waals surface area contributed by atoms with E-state index in [0.717, 1.165) is 22.7 Å². The van der Waals surface area contributed by atoms with Crippen LogP contribution in [-0.4, -0.2) is 12.6 Å². The van der Waals surface area contributed by atoms with Crippen molar-refractivity contribution in [3.05, 3.63) is 279 Å². The molecule has 1 aliphatic heterocycles. The Balaban J connectivity index is 1.03. The summed E-state index contributed by atoms with van der Waals surface area (Å²) in [5, 5.41) is 8.02. The Bertz CT molecular complexity index is 3750. The number of fused-ring (bicyclic) bond motifs is 6. The molecule has 3 heteroatoms. The van der Waals surface area contributed by atoms with Crippen molar-refractivity contribution in [1.29, 1.82) is 0 Å². The molecule has 324 valence electrons. The van der Waals surface area contributed by atoms with E-state index in [2.05, 4.69) is 289 Å². The average molecular weight is 895 g/mol. The molecule has 1 aliphatic rings. The van der Waals surface area contributed by atoms with Crippen LogP contribution in [0.4, 0.5) is 17.1 Å². The summed E-state index contributed by atoms with van der Waals surface area (Å²) in [4.78, 5) is 2.47. The molecule has 12 aromatic rings. The fourth-order valence-electron chi connectivity index (χ4n) is 11.1. The Morgan fingerprint density at radius 3 is 1.28 bits per heavy atom. The van der Waals surface area contributed by atoms with Crippen LogP contribution in [0.25, 0.3) is 72.0 Å². The van der Waals surface area contributed by atoms with Crippen LogP contribution in [0.3, 0.4) is 0 Å². The number of benzene rings is 11. The van der Waals surface area contributed by atoms with E-state index in [1.807, 2.05) is 0 Å². The molecule has 0 N–H and O–H groups in total. The maximum Gasteiger partial charge on any atom is 0.180 e. The summed E-state index contributed by atoms with van der Waals surface area (Å²) < 4.78 is 2.41. The van der Waals surface area contributed by atoms with Gasteiger partial charge in [-0.25, -0.2) is 0 Å². The largest absolute Gasteiger partial charge is 0.310 e. The van der Waals surface area contributed by atoms with Crippen molar-refractivity contribution >= 4 is 67.7 Å². The highest BCUT2D eigenvalue weighted by Gasteiger charge is 2.49. The average Bonchev–Trinajstić information content (AvgIpc) is 3.92. The zero-order chi connectivity index (χ0) is 45.7. The van der Waals surface area contributed by atoms with Gasteiger partial charge in [-0.2, -0.15) is 0 Å². The molecule has 0 aliphatic carbocycles. The van der Waals surface area contributed by atoms with Crippen molar-refractivity contribution in [3.63, 3.8) is 0 Å².